The molecule has 0 spiro atoms. The molecule has 0 aliphatic heterocycles. The molecule has 5 heteroatoms. The Bertz CT molecular complexity index is 3460. The van der Waals surface area contributed by atoms with Crippen molar-refractivity contribution >= 4 is 43.7 Å². The number of rotatable bonds is 6. The number of pyridine rings is 1. The van der Waals surface area contributed by atoms with E-state index in [4.69, 9.17) is 14.4 Å². The molecule has 8 aromatic carbocycles. The lowest BCUT2D eigenvalue weighted by atomic mass is 9.85. The van der Waals surface area contributed by atoms with Crippen LogP contribution in [0.1, 0.15) is 26.3 Å². The van der Waals surface area contributed by atoms with E-state index in [0.29, 0.717) is 11.4 Å². The summed E-state index contributed by atoms with van der Waals surface area (Å²) in [6.45, 7) is 6.73. The number of nitrogens with zero attached hydrogens (tertiary/aromatic N) is 3. The fourth-order valence-electron chi connectivity index (χ4n) is 8.80. The lowest BCUT2D eigenvalue weighted by Crippen LogP contribution is -2.12. The molecule has 0 saturated heterocycles. The molecule has 0 atom stereocenters. The van der Waals surface area contributed by atoms with E-state index in [1.54, 1.807) is 6.07 Å². The highest BCUT2D eigenvalue weighted by atomic mass is 16.3. The van der Waals surface area contributed by atoms with E-state index in [9.17, 15) is 5.11 Å². The molecule has 0 saturated carbocycles. The fraction of sp³-hybridized carbons (Fsp3) is 0.0714. The average molecular weight is 788 g/mol. The normalized spacial score (nSPS) is 11.9. The zero-order valence-electron chi connectivity index (χ0n) is 34.1. The van der Waals surface area contributed by atoms with Crippen LogP contribution in [-0.4, -0.2) is 19.6 Å². The second kappa shape index (κ2) is 14.2. The molecule has 0 unspecified atom stereocenters. The van der Waals surface area contributed by atoms with Gasteiger partial charge in [-0.05, 0) is 105 Å². The van der Waals surface area contributed by atoms with Gasteiger partial charge < -0.3 is 9.52 Å². The number of benzene rings is 8. The molecule has 11 aromatic rings. The van der Waals surface area contributed by atoms with Gasteiger partial charge in [-0.25, -0.2) is 4.98 Å². The number of imidazole rings is 1. The summed E-state index contributed by atoms with van der Waals surface area (Å²) < 4.78 is 8.57. The molecule has 0 amide bonds. The molecule has 0 fully saturated rings. The third-order valence-corrected chi connectivity index (χ3v) is 11.9. The van der Waals surface area contributed by atoms with E-state index in [0.717, 1.165) is 88.7 Å². The minimum absolute atomic E-state index is 0.0634. The van der Waals surface area contributed by atoms with Crippen LogP contribution >= 0.6 is 0 Å². The summed E-state index contributed by atoms with van der Waals surface area (Å²) in [6, 6.07) is 63.1. The van der Waals surface area contributed by atoms with E-state index >= 15 is 0 Å². The van der Waals surface area contributed by atoms with Gasteiger partial charge in [-0.15, -0.1) is 0 Å². The molecule has 61 heavy (non-hydrogen) atoms. The van der Waals surface area contributed by atoms with Crippen molar-refractivity contribution < 1.29 is 9.52 Å². The first-order valence-electron chi connectivity index (χ1n) is 20.7. The molecule has 0 aliphatic carbocycles. The number of phenolic OH excluding ortho intramolecular Hbond substituents is 1. The Morgan fingerprint density at radius 3 is 2.03 bits per heavy atom. The van der Waals surface area contributed by atoms with E-state index < -0.39 is 0 Å². The van der Waals surface area contributed by atoms with Crippen molar-refractivity contribution in [3.8, 4) is 67.5 Å². The van der Waals surface area contributed by atoms with Gasteiger partial charge in [0.1, 0.15) is 17.2 Å². The van der Waals surface area contributed by atoms with Gasteiger partial charge in [0.05, 0.1) is 34.2 Å². The Morgan fingerprint density at radius 2 is 1.23 bits per heavy atom. The summed E-state index contributed by atoms with van der Waals surface area (Å²) in [7, 11) is 0. The van der Waals surface area contributed by atoms with Crippen LogP contribution < -0.4 is 0 Å². The van der Waals surface area contributed by atoms with Gasteiger partial charge in [-0.1, -0.05) is 142 Å². The third-order valence-electron chi connectivity index (χ3n) is 11.9. The Labute approximate surface area is 353 Å². The van der Waals surface area contributed by atoms with E-state index in [1.807, 2.05) is 36.5 Å². The van der Waals surface area contributed by atoms with Crippen molar-refractivity contribution in [2.24, 2.45) is 0 Å². The number of aromatic nitrogens is 3. The SMILES string of the molecule is CC(C)(C)c1ccc(-n2c(-c3ccccc3O)nc3c(-c4cc(-c5ccccc5)cc(-c5cc6c(cn5)oc5ccc7ccccc7c56)c4)cccc32)c(-c2ccccc2)c1. The van der Waals surface area contributed by atoms with Crippen LogP contribution in [0.3, 0.4) is 0 Å². The van der Waals surface area contributed by atoms with Crippen molar-refractivity contribution in [1.82, 2.24) is 14.5 Å². The minimum Gasteiger partial charge on any atom is -0.507 e. The lowest BCUT2D eigenvalue weighted by Gasteiger charge is -2.23. The molecule has 0 bridgehead atoms. The van der Waals surface area contributed by atoms with Gasteiger partial charge in [-0.3, -0.25) is 9.55 Å². The van der Waals surface area contributed by atoms with E-state index in [1.165, 1.54) is 10.9 Å². The quantitative estimate of drug-likeness (QED) is 0.182. The number of fused-ring (bicyclic) bond motifs is 6. The number of aromatic hydroxyl groups is 1. The van der Waals surface area contributed by atoms with Crippen LogP contribution in [0, 0.1) is 0 Å². The summed E-state index contributed by atoms with van der Waals surface area (Å²) in [5, 5.41) is 15.9. The standard InChI is InChI=1S/C56H41N3O2/c1-56(2,3)41-26-27-48(45(32-41)36-17-8-5-9-18-36)59-49-23-14-22-43(54(49)58-55(59)44-21-12-13-24-50(44)60)39-29-38(35-15-6-4-7-16-35)30-40(31-39)47-33-46-52(34-57-47)61-51-28-25-37-19-10-11-20-42(37)53(46)51/h4-34,60H,1-3H3. The number of hydrogen-bond acceptors (Lipinski definition) is 4. The van der Waals surface area contributed by atoms with Crippen molar-refractivity contribution in [2.45, 2.75) is 26.2 Å². The molecule has 11 rings (SSSR count). The highest BCUT2D eigenvalue weighted by molar-refractivity contribution is 6.19. The van der Waals surface area contributed by atoms with Crippen LogP contribution in [0.4, 0.5) is 0 Å². The van der Waals surface area contributed by atoms with Gasteiger partial charge in [0.15, 0.2) is 5.58 Å². The number of phenols is 1. The Balaban J connectivity index is 1.17. The molecule has 3 aromatic heterocycles. The number of furan rings is 1. The summed E-state index contributed by atoms with van der Waals surface area (Å²) in [5.41, 5.74) is 14.3. The largest absolute Gasteiger partial charge is 0.507 e. The molecule has 1 N–H and O–H groups in total. The van der Waals surface area contributed by atoms with Crippen molar-refractivity contribution in [2.75, 3.05) is 0 Å². The first-order chi connectivity index (χ1) is 29.8. The van der Waals surface area contributed by atoms with Gasteiger partial charge in [0, 0.05) is 27.5 Å². The summed E-state index contributed by atoms with van der Waals surface area (Å²) in [4.78, 5) is 10.5. The molecule has 5 nitrogen and oxygen atoms in total. The maximum Gasteiger partial charge on any atom is 0.153 e. The van der Waals surface area contributed by atoms with Gasteiger partial charge >= 0.3 is 0 Å². The van der Waals surface area contributed by atoms with Crippen LogP contribution in [0.5, 0.6) is 5.75 Å². The maximum atomic E-state index is 11.4. The van der Waals surface area contributed by atoms with Crippen molar-refractivity contribution in [3.63, 3.8) is 0 Å². The molecular formula is C56H41N3O2. The highest BCUT2D eigenvalue weighted by Gasteiger charge is 2.24. The van der Waals surface area contributed by atoms with Crippen LogP contribution in [-0.2, 0) is 5.41 Å². The van der Waals surface area contributed by atoms with Crippen molar-refractivity contribution in [1.29, 1.82) is 0 Å². The van der Waals surface area contributed by atoms with Crippen LogP contribution in [0.15, 0.2) is 193 Å². The highest BCUT2D eigenvalue weighted by Crippen LogP contribution is 2.43. The first kappa shape index (κ1) is 36.3. The molecular weight excluding hydrogens is 747 g/mol. The van der Waals surface area contributed by atoms with Crippen molar-refractivity contribution in [3.05, 3.63) is 194 Å². The predicted octanol–water partition coefficient (Wildman–Crippen LogP) is 14.8. The summed E-state index contributed by atoms with van der Waals surface area (Å²) in [6.07, 6.45) is 1.85. The zero-order chi connectivity index (χ0) is 41.2. The van der Waals surface area contributed by atoms with Gasteiger partial charge in [-0.2, -0.15) is 0 Å². The molecule has 3 heterocycles. The van der Waals surface area contributed by atoms with E-state index in [-0.39, 0.29) is 11.2 Å². The maximum absolute atomic E-state index is 11.4. The second-order valence-corrected chi connectivity index (χ2v) is 16.8. The first-order valence-corrected chi connectivity index (χ1v) is 20.7. The monoisotopic (exact) mass is 787 g/mol. The minimum atomic E-state index is -0.0634. The second-order valence-electron chi connectivity index (χ2n) is 16.8. The van der Waals surface area contributed by atoms with Gasteiger partial charge in [0.2, 0.25) is 0 Å². The molecule has 0 radical (unpaired) electrons. The Morgan fingerprint density at radius 1 is 0.525 bits per heavy atom. The summed E-state index contributed by atoms with van der Waals surface area (Å²) >= 11 is 0. The average Bonchev–Trinajstić information content (AvgIpc) is 3.88. The van der Waals surface area contributed by atoms with Crippen LogP contribution in [0.2, 0.25) is 0 Å². The third kappa shape index (κ3) is 6.25. The van der Waals surface area contributed by atoms with Crippen LogP contribution in [0.25, 0.3) is 105 Å². The zero-order valence-corrected chi connectivity index (χ0v) is 34.1. The topological polar surface area (TPSA) is 64.1 Å². The van der Waals surface area contributed by atoms with Gasteiger partial charge in [0.25, 0.3) is 0 Å². The fourth-order valence-corrected chi connectivity index (χ4v) is 8.80. The smallest absolute Gasteiger partial charge is 0.153 e. The van der Waals surface area contributed by atoms with E-state index in [2.05, 4.69) is 171 Å². The Kier molecular flexibility index (Phi) is 8.46. The predicted molar refractivity (Wildman–Crippen MR) is 251 cm³/mol. The number of para-hydroxylation sites is 2. The molecule has 292 valence electrons. The molecule has 0 aliphatic rings. The lowest BCUT2D eigenvalue weighted by molar-refractivity contribution is 0.477. The summed E-state index contributed by atoms with van der Waals surface area (Å²) in [5.74, 6) is 0.828. The Hall–Kier alpha value is -7.76. The number of hydrogen-bond donors (Lipinski definition) is 1.